The van der Waals surface area contributed by atoms with Crippen molar-refractivity contribution in [1.29, 1.82) is 0 Å². The number of methoxy groups -OCH3 is 2. The molecule has 0 bridgehead atoms. The molecule has 0 amide bonds. The summed E-state index contributed by atoms with van der Waals surface area (Å²) >= 11 is 0. The van der Waals surface area contributed by atoms with Crippen molar-refractivity contribution in [3.63, 3.8) is 0 Å². The van der Waals surface area contributed by atoms with E-state index in [1.807, 2.05) is 78.9 Å². The Morgan fingerprint density at radius 2 is 1.35 bits per heavy atom. The van der Waals surface area contributed by atoms with Crippen LogP contribution in [0.3, 0.4) is 0 Å². The normalized spacial score (nSPS) is 20.8. The Kier molecular flexibility index (Phi) is 7.85. The number of aliphatic hydroxyl groups is 2. The molecule has 10 nitrogen and oxygen atoms in total. The first-order valence-corrected chi connectivity index (χ1v) is 12.7. The third-order valence-electron chi connectivity index (χ3n) is 7.10. The van der Waals surface area contributed by atoms with Crippen molar-refractivity contribution < 1.29 is 29.2 Å². The lowest BCUT2D eigenvalue weighted by Gasteiger charge is -2.37. The van der Waals surface area contributed by atoms with Crippen LogP contribution in [0.1, 0.15) is 22.9 Å². The Labute approximate surface area is 230 Å². The van der Waals surface area contributed by atoms with Crippen LogP contribution in [-0.2, 0) is 15.1 Å². The molecule has 1 saturated heterocycles. The van der Waals surface area contributed by atoms with E-state index in [1.54, 1.807) is 14.2 Å². The van der Waals surface area contributed by atoms with E-state index >= 15 is 0 Å². The van der Waals surface area contributed by atoms with Crippen LogP contribution in [0.4, 0.5) is 0 Å². The fourth-order valence-electron chi connectivity index (χ4n) is 5.01. The molecule has 40 heavy (non-hydrogen) atoms. The van der Waals surface area contributed by atoms with Gasteiger partial charge in [0, 0.05) is 12.3 Å². The molecule has 208 valence electrons. The smallest absolute Gasteiger partial charge is 0.330 e. The Morgan fingerprint density at radius 3 is 1.88 bits per heavy atom. The van der Waals surface area contributed by atoms with Crippen LogP contribution in [0.5, 0.6) is 11.5 Å². The number of aliphatic hydroxyl groups excluding tert-OH is 2. The number of hydrogen-bond acceptors (Lipinski definition) is 8. The minimum atomic E-state index is -1.44. The molecule has 5 rings (SSSR count). The second kappa shape index (κ2) is 11.5. The Morgan fingerprint density at radius 1 is 0.800 bits per heavy atom. The molecular formula is C30H30N2O8. The zero-order valence-electron chi connectivity index (χ0n) is 22.0. The van der Waals surface area contributed by atoms with Crippen molar-refractivity contribution in [3.8, 4) is 11.5 Å². The topological polar surface area (TPSA) is 132 Å². The van der Waals surface area contributed by atoms with Gasteiger partial charge in [0.25, 0.3) is 5.56 Å². The van der Waals surface area contributed by atoms with Crippen molar-refractivity contribution in [2.75, 3.05) is 20.8 Å². The van der Waals surface area contributed by atoms with E-state index in [0.29, 0.717) is 11.5 Å². The minimum absolute atomic E-state index is 0.153. The molecule has 0 spiro atoms. The molecule has 0 saturated carbocycles. The van der Waals surface area contributed by atoms with E-state index in [-0.39, 0.29) is 6.61 Å². The lowest BCUT2D eigenvalue weighted by molar-refractivity contribution is -0.0958. The summed E-state index contributed by atoms with van der Waals surface area (Å²) in [6.07, 6.45) is -3.82. The lowest BCUT2D eigenvalue weighted by atomic mass is 9.80. The standard InChI is InChI=1S/C30H30N2O8/c1-37-22-12-8-20(9-13-22)30(19-6-4-3-5-7-19,21-10-14-23(38-2)15-11-21)39-18-24-26(34)27(35)28(40-24)32-17-16-25(33)31-29(32)36/h3-17,24,26-28,34-35H,18H2,1-2H3,(H,31,33,36)/t24-,26-,27-,28-/m0/s1. The Balaban J connectivity index is 1.56. The van der Waals surface area contributed by atoms with Crippen LogP contribution in [0.2, 0.25) is 0 Å². The molecule has 4 aromatic rings. The van der Waals surface area contributed by atoms with Gasteiger partial charge in [0.05, 0.1) is 20.8 Å². The van der Waals surface area contributed by atoms with Gasteiger partial charge in [-0.15, -0.1) is 0 Å². The highest BCUT2D eigenvalue weighted by molar-refractivity contribution is 5.49. The molecule has 4 atom stereocenters. The number of ether oxygens (including phenoxy) is 4. The minimum Gasteiger partial charge on any atom is -0.497 e. The summed E-state index contributed by atoms with van der Waals surface area (Å²) in [6.45, 7) is -0.153. The average molecular weight is 547 g/mol. The zero-order chi connectivity index (χ0) is 28.3. The van der Waals surface area contributed by atoms with E-state index in [9.17, 15) is 19.8 Å². The maximum atomic E-state index is 12.3. The Bertz CT molecular complexity index is 1490. The van der Waals surface area contributed by atoms with Crippen LogP contribution in [-0.4, -0.2) is 58.9 Å². The highest BCUT2D eigenvalue weighted by Crippen LogP contribution is 2.42. The summed E-state index contributed by atoms with van der Waals surface area (Å²) in [4.78, 5) is 26.0. The maximum Gasteiger partial charge on any atom is 0.330 e. The van der Waals surface area contributed by atoms with Crippen LogP contribution >= 0.6 is 0 Å². The summed E-state index contributed by atoms with van der Waals surface area (Å²) in [7, 11) is 3.18. The van der Waals surface area contributed by atoms with Gasteiger partial charge >= 0.3 is 5.69 Å². The van der Waals surface area contributed by atoms with E-state index in [2.05, 4.69) is 4.98 Å². The third-order valence-corrected chi connectivity index (χ3v) is 7.10. The van der Waals surface area contributed by atoms with E-state index in [0.717, 1.165) is 27.3 Å². The molecule has 1 aliphatic rings. The molecule has 0 radical (unpaired) electrons. The first-order valence-electron chi connectivity index (χ1n) is 12.7. The van der Waals surface area contributed by atoms with Gasteiger partial charge in [0.2, 0.25) is 0 Å². The van der Waals surface area contributed by atoms with Crippen molar-refractivity contribution in [2.45, 2.75) is 30.1 Å². The molecule has 1 fully saturated rings. The maximum absolute atomic E-state index is 12.3. The predicted octanol–water partition coefficient (Wildman–Crippen LogP) is 2.18. The van der Waals surface area contributed by atoms with E-state index in [1.165, 1.54) is 6.20 Å². The lowest BCUT2D eigenvalue weighted by Crippen LogP contribution is -2.40. The first kappa shape index (κ1) is 27.4. The number of hydrogen-bond donors (Lipinski definition) is 3. The number of aromatic amines is 1. The van der Waals surface area contributed by atoms with Crippen LogP contribution in [0.25, 0.3) is 0 Å². The van der Waals surface area contributed by atoms with Gasteiger partial charge in [-0.2, -0.15) is 0 Å². The summed E-state index contributed by atoms with van der Waals surface area (Å²) in [5.74, 6) is 1.35. The van der Waals surface area contributed by atoms with E-state index in [4.69, 9.17) is 18.9 Å². The van der Waals surface area contributed by atoms with Gasteiger partial charge in [0.1, 0.15) is 35.4 Å². The SMILES string of the molecule is COc1ccc(C(OC[C@@H]2O[C@H](n3ccc(=O)[nH]c3=O)[C@@H](O)[C@H]2O)(c2ccccc2)c2ccc(OC)cc2)cc1. The third kappa shape index (κ3) is 5.05. The van der Waals surface area contributed by atoms with Crippen molar-refractivity contribution >= 4 is 0 Å². The van der Waals surface area contributed by atoms with Gasteiger partial charge in [-0.1, -0.05) is 54.6 Å². The highest BCUT2D eigenvalue weighted by Gasteiger charge is 2.46. The fourth-order valence-corrected chi connectivity index (χ4v) is 5.01. The summed E-state index contributed by atoms with van der Waals surface area (Å²) < 4.78 is 24.5. The molecule has 3 N–H and O–H groups in total. The average Bonchev–Trinajstić information content (AvgIpc) is 3.27. The number of aromatic nitrogens is 2. The molecule has 0 aliphatic carbocycles. The predicted molar refractivity (Wildman–Crippen MR) is 146 cm³/mol. The van der Waals surface area contributed by atoms with Gasteiger partial charge in [0.15, 0.2) is 6.23 Å². The molecular weight excluding hydrogens is 516 g/mol. The summed E-state index contributed by atoms with van der Waals surface area (Å²) in [6, 6.07) is 25.7. The van der Waals surface area contributed by atoms with Crippen molar-refractivity contribution in [2.24, 2.45) is 0 Å². The second-order valence-corrected chi connectivity index (χ2v) is 9.38. The molecule has 1 aromatic heterocycles. The van der Waals surface area contributed by atoms with Gasteiger partial charge in [-0.25, -0.2) is 4.79 Å². The number of nitrogens with zero attached hydrogens (tertiary/aromatic N) is 1. The Hall–Kier alpha value is -4.22. The second-order valence-electron chi connectivity index (χ2n) is 9.38. The van der Waals surface area contributed by atoms with Gasteiger partial charge in [-0.05, 0) is 41.0 Å². The summed E-state index contributed by atoms with van der Waals surface area (Å²) in [5, 5.41) is 21.7. The number of rotatable bonds is 9. The van der Waals surface area contributed by atoms with Gasteiger partial charge < -0.3 is 29.2 Å². The summed E-state index contributed by atoms with van der Waals surface area (Å²) in [5.41, 5.74) is -0.133. The molecule has 0 unspecified atom stereocenters. The van der Waals surface area contributed by atoms with Crippen LogP contribution in [0, 0.1) is 0 Å². The van der Waals surface area contributed by atoms with Gasteiger partial charge in [-0.3, -0.25) is 14.3 Å². The molecule has 2 heterocycles. The molecule has 10 heteroatoms. The van der Waals surface area contributed by atoms with Crippen LogP contribution in [0.15, 0.2) is 101 Å². The molecule has 1 aliphatic heterocycles. The molecule has 3 aromatic carbocycles. The van der Waals surface area contributed by atoms with E-state index < -0.39 is 41.4 Å². The number of benzene rings is 3. The highest BCUT2D eigenvalue weighted by atomic mass is 16.6. The first-order chi connectivity index (χ1) is 19.4. The van der Waals surface area contributed by atoms with Crippen molar-refractivity contribution in [3.05, 3.63) is 129 Å². The quantitative estimate of drug-likeness (QED) is 0.272. The fraction of sp³-hybridized carbons (Fsp3) is 0.267. The van der Waals surface area contributed by atoms with Crippen LogP contribution < -0.4 is 20.7 Å². The van der Waals surface area contributed by atoms with Crippen molar-refractivity contribution in [1.82, 2.24) is 9.55 Å². The monoisotopic (exact) mass is 546 g/mol. The number of nitrogens with one attached hydrogen (secondary N) is 1. The largest absolute Gasteiger partial charge is 0.497 e. The number of H-pyrrole nitrogens is 1. The zero-order valence-corrected chi connectivity index (χ0v) is 22.0.